The summed E-state index contributed by atoms with van der Waals surface area (Å²) in [7, 11) is -3.78. The van der Waals surface area contributed by atoms with Crippen LogP contribution < -0.4 is 0 Å². The first-order valence-corrected chi connectivity index (χ1v) is 12.0. The molecule has 0 atom stereocenters. The molecule has 4 rings (SSSR count). The predicted octanol–water partition coefficient (Wildman–Crippen LogP) is 3.79. The van der Waals surface area contributed by atoms with Gasteiger partial charge >= 0.3 is 5.97 Å². The van der Waals surface area contributed by atoms with Crippen molar-refractivity contribution in [2.45, 2.75) is 17.9 Å². The Kier molecular flexibility index (Phi) is 6.41. The molecule has 0 saturated carbocycles. The molecule has 0 bridgehead atoms. The molecule has 7 heteroatoms. The lowest BCUT2D eigenvalue weighted by Crippen LogP contribution is -2.49. The molecule has 0 amide bonds. The highest BCUT2D eigenvalue weighted by Gasteiger charge is 2.33. The SMILES string of the molecule is Cc1ccc(C(=O)O)cc1S(=O)(=O)N1CCN(C(c2ccccc2)c2ccccc2)CC1. The molecule has 0 radical (unpaired) electrons. The monoisotopic (exact) mass is 450 g/mol. The minimum Gasteiger partial charge on any atom is -0.478 e. The first kappa shape index (κ1) is 22.2. The van der Waals surface area contributed by atoms with Gasteiger partial charge in [0.05, 0.1) is 16.5 Å². The second-order valence-electron chi connectivity index (χ2n) is 7.95. The third-order valence-electron chi connectivity index (χ3n) is 5.92. The van der Waals surface area contributed by atoms with Crippen LogP contribution >= 0.6 is 0 Å². The average molecular weight is 451 g/mol. The molecule has 1 aliphatic rings. The van der Waals surface area contributed by atoms with Crippen LogP contribution in [-0.4, -0.2) is 54.9 Å². The van der Waals surface area contributed by atoms with Gasteiger partial charge in [-0.05, 0) is 35.7 Å². The zero-order valence-corrected chi connectivity index (χ0v) is 18.7. The highest BCUT2D eigenvalue weighted by molar-refractivity contribution is 7.89. The number of aryl methyl sites for hydroxylation is 1. The van der Waals surface area contributed by atoms with E-state index in [1.807, 2.05) is 36.4 Å². The van der Waals surface area contributed by atoms with Crippen molar-refractivity contribution in [2.24, 2.45) is 0 Å². The van der Waals surface area contributed by atoms with E-state index < -0.39 is 16.0 Å². The fourth-order valence-electron chi connectivity index (χ4n) is 4.24. The maximum absolute atomic E-state index is 13.3. The van der Waals surface area contributed by atoms with Gasteiger partial charge in [-0.1, -0.05) is 66.7 Å². The Morgan fingerprint density at radius 3 is 1.88 bits per heavy atom. The molecule has 1 aliphatic heterocycles. The molecule has 6 nitrogen and oxygen atoms in total. The van der Waals surface area contributed by atoms with Crippen LogP contribution in [0, 0.1) is 6.92 Å². The van der Waals surface area contributed by atoms with E-state index in [4.69, 9.17) is 0 Å². The van der Waals surface area contributed by atoms with E-state index in [0.29, 0.717) is 31.7 Å². The number of rotatable bonds is 6. The van der Waals surface area contributed by atoms with Crippen molar-refractivity contribution < 1.29 is 18.3 Å². The van der Waals surface area contributed by atoms with Crippen molar-refractivity contribution in [3.63, 3.8) is 0 Å². The number of carbonyl (C=O) groups is 1. The van der Waals surface area contributed by atoms with Crippen LogP contribution in [-0.2, 0) is 10.0 Å². The van der Waals surface area contributed by atoms with Crippen molar-refractivity contribution in [3.05, 3.63) is 101 Å². The third kappa shape index (κ3) is 4.46. The minimum atomic E-state index is -3.78. The number of aromatic carboxylic acids is 1. The third-order valence-corrected chi connectivity index (χ3v) is 7.96. The summed E-state index contributed by atoms with van der Waals surface area (Å²) in [6, 6.07) is 24.7. The molecule has 0 unspecified atom stereocenters. The topological polar surface area (TPSA) is 77.9 Å². The summed E-state index contributed by atoms with van der Waals surface area (Å²) >= 11 is 0. The van der Waals surface area contributed by atoms with Gasteiger partial charge in [0.15, 0.2) is 0 Å². The molecule has 1 fully saturated rings. The van der Waals surface area contributed by atoms with Crippen LogP contribution in [0.3, 0.4) is 0 Å². The van der Waals surface area contributed by atoms with Crippen LogP contribution in [0.1, 0.15) is 33.1 Å². The maximum Gasteiger partial charge on any atom is 0.335 e. The smallest absolute Gasteiger partial charge is 0.335 e. The van der Waals surface area contributed by atoms with Gasteiger partial charge in [-0.2, -0.15) is 4.31 Å². The van der Waals surface area contributed by atoms with E-state index in [1.165, 1.54) is 27.6 Å². The zero-order chi connectivity index (χ0) is 22.7. The number of hydrogen-bond acceptors (Lipinski definition) is 4. The van der Waals surface area contributed by atoms with Gasteiger partial charge < -0.3 is 5.11 Å². The molecule has 0 aromatic heterocycles. The Labute approximate surface area is 188 Å². The number of piperazine rings is 1. The first-order chi connectivity index (χ1) is 15.4. The van der Waals surface area contributed by atoms with Crippen LogP contribution in [0.5, 0.6) is 0 Å². The highest BCUT2D eigenvalue weighted by Crippen LogP contribution is 2.31. The lowest BCUT2D eigenvalue weighted by Gasteiger charge is -2.39. The summed E-state index contributed by atoms with van der Waals surface area (Å²) in [6.07, 6.45) is 0. The van der Waals surface area contributed by atoms with Gasteiger partial charge in [0, 0.05) is 26.2 Å². The van der Waals surface area contributed by atoms with E-state index in [9.17, 15) is 18.3 Å². The van der Waals surface area contributed by atoms with Crippen molar-refractivity contribution in [3.8, 4) is 0 Å². The van der Waals surface area contributed by atoms with Gasteiger partial charge in [0.25, 0.3) is 0 Å². The minimum absolute atomic E-state index is 0.0268. The first-order valence-electron chi connectivity index (χ1n) is 10.6. The van der Waals surface area contributed by atoms with E-state index >= 15 is 0 Å². The van der Waals surface area contributed by atoms with Crippen molar-refractivity contribution in [1.29, 1.82) is 0 Å². The fourth-order valence-corrected chi connectivity index (χ4v) is 5.91. The van der Waals surface area contributed by atoms with Crippen LogP contribution in [0.2, 0.25) is 0 Å². The lowest BCUT2D eigenvalue weighted by atomic mass is 9.96. The van der Waals surface area contributed by atoms with Crippen molar-refractivity contribution >= 4 is 16.0 Å². The summed E-state index contributed by atoms with van der Waals surface area (Å²) < 4.78 is 28.1. The van der Waals surface area contributed by atoms with E-state index in [1.54, 1.807) is 13.0 Å². The molecule has 166 valence electrons. The summed E-state index contributed by atoms with van der Waals surface area (Å²) in [4.78, 5) is 13.7. The molecule has 3 aromatic rings. The summed E-state index contributed by atoms with van der Waals surface area (Å²) in [5.41, 5.74) is 2.85. The molecule has 32 heavy (non-hydrogen) atoms. The Morgan fingerprint density at radius 1 is 0.844 bits per heavy atom. The average Bonchev–Trinajstić information content (AvgIpc) is 2.81. The van der Waals surface area contributed by atoms with Gasteiger partial charge in [-0.3, -0.25) is 4.90 Å². The zero-order valence-electron chi connectivity index (χ0n) is 17.9. The van der Waals surface area contributed by atoms with Crippen molar-refractivity contribution in [1.82, 2.24) is 9.21 Å². The van der Waals surface area contributed by atoms with Gasteiger partial charge in [-0.15, -0.1) is 0 Å². The van der Waals surface area contributed by atoms with Gasteiger partial charge in [-0.25, -0.2) is 13.2 Å². The van der Waals surface area contributed by atoms with Crippen LogP contribution in [0.4, 0.5) is 0 Å². The molecule has 0 spiro atoms. The van der Waals surface area contributed by atoms with E-state index in [2.05, 4.69) is 29.2 Å². The van der Waals surface area contributed by atoms with E-state index in [-0.39, 0.29) is 16.5 Å². The largest absolute Gasteiger partial charge is 0.478 e. The normalized spacial score (nSPS) is 15.7. The van der Waals surface area contributed by atoms with Crippen LogP contribution in [0.25, 0.3) is 0 Å². The molecule has 0 aliphatic carbocycles. The number of hydrogen-bond donors (Lipinski definition) is 1. The Balaban J connectivity index is 1.58. The highest BCUT2D eigenvalue weighted by atomic mass is 32.2. The second-order valence-corrected chi connectivity index (χ2v) is 9.86. The van der Waals surface area contributed by atoms with Crippen molar-refractivity contribution in [2.75, 3.05) is 26.2 Å². The summed E-state index contributed by atoms with van der Waals surface area (Å²) in [5.74, 6) is -1.14. The second kappa shape index (κ2) is 9.24. The summed E-state index contributed by atoms with van der Waals surface area (Å²) in [6.45, 7) is 3.52. The lowest BCUT2D eigenvalue weighted by molar-refractivity contribution is 0.0696. The van der Waals surface area contributed by atoms with Crippen LogP contribution in [0.15, 0.2) is 83.8 Å². The van der Waals surface area contributed by atoms with Gasteiger partial charge in [0.1, 0.15) is 0 Å². The molecule has 1 saturated heterocycles. The summed E-state index contributed by atoms with van der Waals surface area (Å²) in [5, 5.41) is 9.27. The molecular formula is C25H26N2O4S. The number of carboxylic acids is 1. The Bertz CT molecular complexity index is 1150. The number of sulfonamides is 1. The van der Waals surface area contributed by atoms with Gasteiger partial charge in [0.2, 0.25) is 10.0 Å². The number of nitrogens with zero attached hydrogens (tertiary/aromatic N) is 2. The number of carboxylic acid groups (broad SMARTS) is 1. The quantitative estimate of drug-likeness (QED) is 0.618. The maximum atomic E-state index is 13.3. The Hall–Kier alpha value is -3.00. The standard InChI is InChI=1S/C25H26N2O4S/c1-19-12-13-22(25(28)29)18-23(19)32(30,31)27-16-14-26(15-17-27)24(20-8-4-2-5-9-20)21-10-6-3-7-11-21/h2-13,18,24H,14-17H2,1H3,(H,28,29). The molecule has 3 aromatic carbocycles. The molecular weight excluding hydrogens is 424 g/mol. The Morgan fingerprint density at radius 2 is 1.38 bits per heavy atom. The van der Waals surface area contributed by atoms with E-state index in [0.717, 1.165) is 0 Å². The number of benzene rings is 3. The molecule has 1 heterocycles. The fraction of sp³-hybridized carbons (Fsp3) is 0.240. The molecule has 1 N–H and O–H groups in total. The predicted molar refractivity (Wildman–Crippen MR) is 123 cm³/mol.